The van der Waals surface area contributed by atoms with Gasteiger partial charge in [-0.25, -0.2) is 0 Å². The molecule has 1 aliphatic carbocycles. The Morgan fingerprint density at radius 3 is 2.00 bits per heavy atom. The van der Waals surface area contributed by atoms with Crippen molar-refractivity contribution in [3.63, 3.8) is 0 Å². The number of fused-ring (bicyclic) bond motifs is 1. The van der Waals surface area contributed by atoms with Crippen LogP contribution in [0.25, 0.3) is 12.2 Å². The summed E-state index contributed by atoms with van der Waals surface area (Å²) >= 11 is 0. The number of benzene rings is 1. The van der Waals surface area contributed by atoms with Gasteiger partial charge >= 0.3 is 0 Å². The molecule has 0 atom stereocenters. The van der Waals surface area contributed by atoms with Crippen LogP contribution in [0.1, 0.15) is 11.1 Å². The molecule has 1 aliphatic rings. The molecule has 0 spiro atoms. The van der Waals surface area contributed by atoms with Crippen LogP contribution < -0.4 is 0 Å². The van der Waals surface area contributed by atoms with E-state index in [0.29, 0.717) is 0 Å². The number of nitriles is 1. The minimum absolute atomic E-state index is 0.0904. The highest BCUT2D eigenvalue weighted by atomic mass is 14.3. The van der Waals surface area contributed by atoms with E-state index in [-0.39, 0.29) is 5.92 Å². The second-order valence-corrected chi connectivity index (χ2v) is 3.00. The van der Waals surface area contributed by atoms with E-state index in [1.165, 1.54) is 11.1 Å². The quantitative estimate of drug-likeness (QED) is 0.582. The number of nitrogens with zero attached hydrogens (tertiary/aromatic N) is 1. The third-order valence-electron chi connectivity index (χ3n) is 2.11. The van der Waals surface area contributed by atoms with Crippen LogP contribution in [-0.4, -0.2) is 0 Å². The molecule has 0 radical (unpaired) electrons. The highest BCUT2D eigenvalue weighted by Crippen LogP contribution is 2.18. The summed E-state index contributed by atoms with van der Waals surface area (Å²) in [4.78, 5) is 0. The predicted molar refractivity (Wildman–Crippen MR) is 53.6 cm³/mol. The molecular formula is C12H9N. The van der Waals surface area contributed by atoms with Crippen LogP contribution in [0.2, 0.25) is 0 Å². The number of allylic oxidation sites excluding steroid dienone is 2. The summed E-state index contributed by atoms with van der Waals surface area (Å²) < 4.78 is 0. The van der Waals surface area contributed by atoms with E-state index in [0.717, 1.165) is 0 Å². The molecule has 0 saturated heterocycles. The standard InChI is InChI=1S/C12H9N/c13-9-10-5-7-11-3-1-2-4-12(11)8-6-10/h1-8,10H. The molecule has 0 heterocycles. The van der Waals surface area contributed by atoms with E-state index in [4.69, 9.17) is 5.26 Å². The molecule has 0 aliphatic heterocycles. The zero-order valence-corrected chi connectivity index (χ0v) is 7.14. The Bertz CT molecular complexity index is 374. The van der Waals surface area contributed by atoms with E-state index < -0.39 is 0 Å². The summed E-state index contributed by atoms with van der Waals surface area (Å²) in [5.74, 6) is -0.0904. The van der Waals surface area contributed by atoms with Crippen molar-refractivity contribution < 1.29 is 0 Å². The van der Waals surface area contributed by atoms with Crippen molar-refractivity contribution >= 4 is 12.2 Å². The van der Waals surface area contributed by atoms with Gasteiger partial charge < -0.3 is 0 Å². The van der Waals surface area contributed by atoms with Crippen LogP contribution >= 0.6 is 0 Å². The molecule has 1 aromatic carbocycles. The van der Waals surface area contributed by atoms with Gasteiger partial charge in [0.2, 0.25) is 0 Å². The third kappa shape index (κ3) is 1.52. The van der Waals surface area contributed by atoms with E-state index in [9.17, 15) is 0 Å². The average Bonchev–Trinajstić information content (AvgIpc) is 2.39. The molecule has 62 valence electrons. The first-order valence-corrected chi connectivity index (χ1v) is 4.25. The van der Waals surface area contributed by atoms with Crippen molar-refractivity contribution in [1.82, 2.24) is 0 Å². The van der Waals surface area contributed by atoms with E-state index in [1.54, 1.807) is 0 Å². The van der Waals surface area contributed by atoms with E-state index in [2.05, 4.69) is 18.2 Å². The summed E-state index contributed by atoms with van der Waals surface area (Å²) in [6, 6.07) is 10.3. The molecular weight excluding hydrogens is 158 g/mol. The van der Waals surface area contributed by atoms with Crippen LogP contribution in [0.15, 0.2) is 36.4 Å². The lowest BCUT2D eigenvalue weighted by atomic mass is 10.1. The highest BCUT2D eigenvalue weighted by molar-refractivity contribution is 5.68. The van der Waals surface area contributed by atoms with Crippen LogP contribution in [0.3, 0.4) is 0 Å². The lowest BCUT2D eigenvalue weighted by Crippen LogP contribution is -1.81. The maximum absolute atomic E-state index is 8.74. The van der Waals surface area contributed by atoms with E-state index >= 15 is 0 Å². The molecule has 1 aromatic rings. The number of hydrogen-bond donors (Lipinski definition) is 0. The lowest BCUT2D eigenvalue weighted by molar-refractivity contribution is 1.10. The molecule has 1 heteroatoms. The van der Waals surface area contributed by atoms with Gasteiger partial charge in [-0.2, -0.15) is 5.26 Å². The zero-order valence-electron chi connectivity index (χ0n) is 7.14. The van der Waals surface area contributed by atoms with Gasteiger partial charge in [0.05, 0.1) is 12.0 Å². The van der Waals surface area contributed by atoms with Crippen LogP contribution in [0.5, 0.6) is 0 Å². The predicted octanol–water partition coefficient (Wildman–Crippen LogP) is 2.87. The molecule has 0 saturated carbocycles. The van der Waals surface area contributed by atoms with Crippen molar-refractivity contribution in [1.29, 1.82) is 5.26 Å². The fourth-order valence-corrected chi connectivity index (χ4v) is 1.38. The Morgan fingerprint density at radius 2 is 1.54 bits per heavy atom. The average molecular weight is 167 g/mol. The first-order valence-electron chi connectivity index (χ1n) is 4.25. The summed E-state index contributed by atoms with van der Waals surface area (Å²) in [7, 11) is 0. The maximum Gasteiger partial charge on any atom is 0.0830 e. The molecule has 0 bridgehead atoms. The van der Waals surface area contributed by atoms with Gasteiger partial charge in [0.1, 0.15) is 0 Å². The summed E-state index contributed by atoms with van der Waals surface area (Å²) in [6.07, 6.45) is 7.84. The van der Waals surface area contributed by atoms with Crippen molar-refractivity contribution in [2.24, 2.45) is 5.92 Å². The summed E-state index contributed by atoms with van der Waals surface area (Å²) in [5, 5.41) is 8.74. The molecule has 0 N–H and O–H groups in total. The normalized spacial score (nSPS) is 14.7. The Balaban J connectivity index is 2.48. The fourth-order valence-electron chi connectivity index (χ4n) is 1.38. The van der Waals surface area contributed by atoms with E-state index in [1.807, 2.05) is 36.4 Å². The number of hydrogen-bond acceptors (Lipinski definition) is 1. The lowest BCUT2D eigenvalue weighted by Gasteiger charge is -1.96. The van der Waals surface area contributed by atoms with Crippen LogP contribution in [0, 0.1) is 17.2 Å². The SMILES string of the molecule is N#CC1C=Cc2ccccc2C=C1. The summed E-state index contributed by atoms with van der Waals surface area (Å²) in [6.45, 7) is 0. The Labute approximate surface area is 77.6 Å². The smallest absolute Gasteiger partial charge is 0.0830 e. The first kappa shape index (κ1) is 7.82. The van der Waals surface area contributed by atoms with Crippen molar-refractivity contribution in [3.05, 3.63) is 47.5 Å². The van der Waals surface area contributed by atoms with Crippen LogP contribution in [-0.2, 0) is 0 Å². The van der Waals surface area contributed by atoms with Gasteiger partial charge in [-0.3, -0.25) is 0 Å². The Morgan fingerprint density at radius 1 is 1.00 bits per heavy atom. The third-order valence-corrected chi connectivity index (χ3v) is 2.11. The molecule has 0 unspecified atom stereocenters. The molecule has 0 amide bonds. The highest BCUT2D eigenvalue weighted by Gasteiger charge is 2.02. The van der Waals surface area contributed by atoms with Gasteiger partial charge in [0.15, 0.2) is 0 Å². The Hall–Kier alpha value is -1.81. The van der Waals surface area contributed by atoms with Gasteiger partial charge in [-0.1, -0.05) is 48.6 Å². The van der Waals surface area contributed by atoms with Gasteiger partial charge in [-0.15, -0.1) is 0 Å². The minimum atomic E-state index is -0.0904. The monoisotopic (exact) mass is 167 g/mol. The first-order chi connectivity index (χ1) is 6.40. The maximum atomic E-state index is 8.74. The van der Waals surface area contributed by atoms with Crippen LogP contribution in [0.4, 0.5) is 0 Å². The summed E-state index contributed by atoms with van der Waals surface area (Å²) in [5.41, 5.74) is 2.35. The van der Waals surface area contributed by atoms with Gasteiger partial charge in [-0.05, 0) is 11.1 Å². The second kappa shape index (κ2) is 3.28. The van der Waals surface area contributed by atoms with Crippen molar-refractivity contribution in [2.75, 3.05) is 0 Å². The molecule has 0 fully saturated rings. The molecule has 13 heavy (non-hydrogen) atoms. The second-order valence-electron chi connectivity index (χ2n) is 3.00. The molecule has 1 nitrogen and oxygen atoms in total. The largest absolute Gasteiger partial charge is 0.197 e. The Kier molecular flexibility index (Phi) is 1.97. The minimum Gasteiger partial charge on any atom is -0.197 e. The van der Waals surface area contributed by atoms with Gasteiger partial charge in [0, 0.05) is 0 Å². The van der Waals surface area contributed by atoms with Crippen molar-refractivity contribution in [2.45, 2.75) is 0 Å². The molecule has 0 aromatic heterocycles. The van der Waals surface area contributed by atoms with Crippen molar-refractivity contribution in [3.8, 4) is 6.07 Å². The zero-order chi connectivity index (χ0) is 9.10. The fraction of sp³-hybridized carbons (Fsp3) is 0.0833. The van der Waals surface area contributed by atoms with Gasteiger partial charge in [0.25, 0.3) is 0 Å². The molecule has 2 rings (SSSR count). The number of rotatable bonds is 0. The topological polar surface area (TPSA) is 23.8 Å².